The van der Waals surface area contributed by atoms with Gasteiger partial charge >= 0.3 is 0 Å². The molecule has 0 saturated carbocycles. The molecule has 9 heteroatoms. The van der Waals surface area contributed by atoms with Crippen LogP contribution in [0.25, 0.3) is 21.5 Å². The second kappa shape index (κ2) is 9.32. The van der Waals surface area contributed by atoms with Crippen LogP contribution in [0.3, 0.4) is 0 Å². The summed E-state index contributed by atoms with van der Waals surface area (Å²) in [5, 5.41) is 4.51. The fraction of sp³-hybridized carbons (Fsp3) is 0.120. The molecular formula is C25H20N4O4S. The van der Waals surface area contributed by atoms with E-state index in [1.807, 2.05) is 54.6 Å². The van der Waals surface area contributed by atoms with E-state index < -0.39 is 0 Å². The van der Waals surface area contributed by atoms with Crippen molar-refractivity contribution in [2.24, 2.45) is 0 Å². The van der Waals surface area contributed by atoms with Gasteiger partial charge in [-0.1, -0.05) is 52.9 Å². The zero-order chi connectivity index (χ0) is 23.5. The van der Waals surface area contributed by atoms with Crippen molar-refractivity contribution < 1.29 is 18.8 Å². The number of ether oxygens (including phenoxy) is 2. The molecule has 5 rings (SSSR count). The highest BCUT2D eigenvalue weighted by Crippen LogP contribution is 2.40. The van der Waals surface area contributed by atoms with Crippen LogP contribution in [-0.2, 0) is 6.54 Å². The van der Waals surface area contributed by atoms with Gasteiger partial charge in [0.2, 0.25) is 0 Å². The molecule has 0 fully saturated rings. The van der Waals surface area contributed by atoms with E-state index in [0.717, 1.165) is 10.3 Å². The lowest BCUT2D eigenvalue weighted by Crippen LogP contribution is -2.31. The predicted molar refractivity (Wildman–Crippen MR) is 129 cm³/mol. The molecule has 0 aliphatic heterocycles. The Bertz CT molecular complexity index is 1390. The third-order valence-corrected chi connectivity index (χ3v) is 6.30. The van der Waals surface area contributed by atoms with Crippen molar-refractivity contribution in [1.82, 2.24) is 15.1 Å². The fourth-order valence-electron chi connectivity index (χ4n) is 3.52. The van der Waals surface area contributed by atoms with E-state index in [4.69, 9.17) is 19.0 Å². The molecule has 0 aliphatic carbocycles. The Morgan fingerprint density at radius 1 is 1.00 bits per heavy atom. The molecule has 2 aromatic carbocycles. The van der Waals surface area contributed by atoms with Crippen LogP contribution >= 0.6 is 11.3 Å². The molecule has 8 nitrogen and oxygen atoms in total. The highest BCUT2D eigenvalue weighted by molar-refractivity contribution is 7.22. The number of anilines is 1. The van der Waals surface area contributed by atoms with Gasteiger partial charge in [0.05, 0.1) is 26.5 Å². The van der Waals surface area contributed by atoms with E-state index in [0.29, 0.717) is 33.6 Å². The second-order valence-electron chi connectivity index (χ2n) is 7.30. The van der Waals surface area contributed by atoms with Gasteiger partial charge in [-0.3, -0.25) is 14.7 Å². The van der Waals surface area contributed by atoms with Gasteiger partial charge in [-0.15, -0.1) is 0 Å². The first-order valence-corrected chi connectivity index (χ1v) is 11.2. The van der Waals surface area contributed by atoms with Crippen molar-refractivity contribution in [1.29, 1.82) is 0 Å². The summed E-state index contributed by atoms with van der Waals surface area (Å²) in [5.74, 6) is 1.40. The SMILES string of the molecule is COc1ccc(OC)c2sc(N(Cc3ccccn3)C(=O)c3cc(-c4ccccc4)on3)nc12. The number of carbonyl (C=O) groups excluding carboxylic acids is 1. The van der Waals surface area contributed by atoms with Crippen LogP contribution < -0.4 is 14.4 Å². The summed E-state index contributed by atoms with van der Waals surface area (Å²) in [6, 6.07) is 20.3. The average molecular weight is 473 g/mol. The van der Waals surface area contributed by atoms with Crippen LogP contribution in [0, 0.1) is 0 Å². The number of benzene rings is 2. The van der Waals surface area contributed by atoms with Crippen LogP contribution in [-0.4, -0.2) is 35.3 Å². The third-order valence-electron chi connectivity index (χ3n) is 5.21. The maximum Gasteiger partial charge on any atom is 0.282 e. The Morgan fingerprint density at radius 2 is 1.76 bits per heavy atom. The summed E-state index contributed by atoms with van der Waals surface area (Å²) in [5.41, 5.74) is 2.33. The van der Waals surface area contributed by atoms with E-state index in [1.54, 1.807) is 37.4 Å². The van der Waals surface area contributed by atoms with Crippen LogP contribution in [0.4, 0.5) is 5.13 Å². The molecular weight excluding hydrogens is 452 g/mol. The van der Waals surface area contributed by atoms with Crippen molar-refractivity contribution in [3.63, 3.8) is 0 Å². The highest BCUT2D eigenvalue weighted by atomic mass is 32.1. The van der Waals surface area contributed by atoms with Gasteiger partial charge in [-0.05, 0) is 24.3 Å². The Morgan fingerprint density at radius 3 is 2.50 bits per heavy atom. The molecule has 0 unspecified atom stereocenters. The third kappa shape index (κ3) is 4.08. The fourth-order valence-corrected chi connectivity index (χ4v) is 4.59. The van der Waals surface area contributed by atoms with Crippen LogP contribution in [0.1, 0.15) is 16.2 Å². The number of amides is 1. The van der Waals surface area contributed by atoms with Crippen molar-refractivity contribution >= 4 is 32.6 Å². The minimum Gasteiger partial charge on any atom is -0.495 e. The zero-order valence-electron chi connectivity index (χ0n) is 18.5. The normalized spacial score (nSPS) is 10.9. The molecule has 0 radical (unpaired) electrons. The molecule has 0 atom stereocenters. The largest absolute Gasteiger partial charge is 0.495 e. The molecule has 3 aromatic heterocycles. The lowest BCUT2D eigenvalue weighted by molar-refractivity contribution is 0.0976. The highest BCUT2D eigenvalue weighted by Gasteiger charge is 2.27. The summed E-state index contributed by atoms with van der Waals surface area (Å²) in [6.07, 6.45) is 1.69. The molecule has 0 spiro atoms. The number of thiazole rings is 1. The van der Waals surface area contributed by atoms with E-state index in [9.17, 15) is 4.79 Å². The van der Waals surface area contributed by atoms with Gasteiger partial charge in [0.25, 0.3) is 5.91 Å². The van der Waals surface area contributed by atoms with E-state index in [1.165, 1.54) is 11.3 Å². The Labute approximate surface area is 199 Å². The van der Waals surface area contributed by atoms with Crippen molar-refractivity contribution in [3.8, 4) is 22.8 Å². The first-order valence-electron chi connectivity index (χ1n) is 10.4. The summed E-state index contributed by atoms with van der Waals surface area (Å²) in [7, 11) is 3.18. The maximum absolute atomic E-state index is 13.7. The van der Waals surface area contributed by atoms with E-state index in [-0.39, 0.29) is 18.1 Å². The van der Waals surface area contributed by atoms with E-state index >= 15 is 0 Å². The molecule has 3 heterocycles. The van der Waals surface area contributed by atoms with Gasteiger partial charge in [-0.2, -0.15) is 0 Å². The van der Waals surface area contributed by atoms with Gasteiger partial charge in [0.1, 0.15) is 21.7 Å². The molecule has 170 valence electrons. The van der Waals surface area contributed by atoms with Gasteiger partial charge in [0, 0.05) is 17.8 Å². The lowest BCUT2D eigenvalue weighted by Gasteiger charge is -2.18. The predicted octanol–water partition coefficient (Wildman–Crippen LogP) is 5.21. The summed E-state index contributed by atoms with van der Waals surface area (Å²) >= 11 is 1.33. The molecule has 0 bridgehead atoms. The first kappa shape index (κ1) is 21.6. The lowest BCUT2D eigenvalue weighted by atomic mass is 10.1. The number of nitrogens with zero attached hydrogens (tertiary/aromatic N) is 4. The van der Waals surface area contributed by atoms with Gasteiger partial charge in [0.15, 0.2) is 16.6 Å². The topological polar surface area (TPSA) is 90.6 Å². The monoisotopic (exact) mass is 472 g/mol. The molecule has 0 aliphatic rings. The van der Waals surface area contributed by atoms with Crippen molar-refractivity contribution in [2.75, 3.05) is 19.1 Å². The smallest absolute Gasteiger partial charge is 0.282 e. The van der Waals surface area contributed by atoms with E-state index in [2.05, 4.69) is 10.1 Å². The minimum absolute atomic E-state index is 0.174. The average Bonchev–Trinajstić information content (AvgIpc) is 3.56. The summed E-state index contributed by atoms with van der Waals surface area (Å²) < 4.78 is 17.2. The molecule has 5 aromatic rings. The Hall–Kier alpha value is -4.24. The number of methoxy groups -OCH3 is 2. The quantitative estimate of drug-likeness (QED) is 0.321. The maximum atomic E-state index is 13.7. The van der Waals surface area contributed by atoms with Crippen LogP contribution in [0.2, 0.25) is 0 Å². The van der Waals surface area contributed by atoms with Crippen LogP contribution in [0.15, 0.2) is 77.4 Å². The standard InChI is InChI=1S/C25H20N4O4S/c1-31-19-11-12-20(32-2)23-22(19)27-25(34-23)29(15-17-10-6-7-13-26-17)24(30)18-14-21(33-28-18)16-8-4-3-5-9-16/h3-14H,15H2,1-2H3. The first-order chi connectivity index (χ1) is 16.7. The number of carbonyl (C=O) groups is 1. The number of pyridine rings is 1. The van der Waals surface area contributed by atoms with Crippen molar-refractivity contribution in [3.05, 3.63) is 84.3 Å². The van der Waals surface area contributed by atoms with Crippen molar-refractivity contribution in [2.45, 2.75) is 6.54 Å². The molecule has 0 saturated heterocycles. The number of hydrogen-bond donors (Lipinski definition) is 0. The Balaban J connectivity index is 1.58. The molecule has 0 N–H and O–H groups in total. The number of fused-ring (bicyclic) bond motifs is 1. The second-order valence-corrected chi connectivity index (χ2v) is 8.28. The number of hydrogen-bond acceptors (Lipinski definition) is 8. The molecule has 34 heavy (non-hydrogen) atoms. The zero-order valence-corrected chi connectivity index (χ0v) is 19.3. The summed E-state index contributed by atoms with van der Waals surface area (Å²) in [4.78, 5) is 24.3. The Kier molecular flexibility index (Phi) is 5.92. The van der Waals surface area contributed by atoms with Crippen LogP contribution in [0.5, 0.6) is 11.5 Å². The molecule has 1 amide bonds. The van der Waals surface area contributed by atoms with Gasteiger partial charge < -0.3 is 14.0 Å². The summed E-state index contributed by atoms with van der Waals surface area (Å²) in [6.45, 7) is 0.206. The van der Waals surface area contributed by atoms with Gasteiger partial charge in [-0.25, -0.2) is 4.98 Å². The minimum atomic E-state index is -0.353. The number of rotatable bonds is 7. The number of aromatic nitrogens is 3.